The molecule has 1 aromatic carbocycles. The molecule has 8 rings (SSSR count). The summed E-state index contributed by atoms with van der Waals surface area (Å²) in [5.74, 6) is -0.460. The molecule has 2 aliphatic rings. The second-order valence-electron chi connectivity index (χ2n) is 14.8. The Morgan fingerprint density at radius 2 is 1.49 bits per heavy atom. The predicted molar refractivity (Wildman–Crippen MR) is 237 cm³/mol. The van der Waals surface area contributed by atoms with E-state index in [1.54, 1.807) is 48.0 Å². The van der Waals surface area contributed by atoms with Crippen molar-refractivity contribution in [1.82, 2.24) is 30.4 Å². The molecule has 2 N–H and O–H groups in total. The van der Waals surface area contributed by atoms with E-state index >= 15 is 0 Å². The highest BCUT2D eigenvalue weighted by Gasteiger charge is 2.43. The lowest BCUT2D eigenvalue weighted by Crippen LogP contribution is -2.40. The van der Waals surface area contributed by atoms with Gasteiger partial charge in [0.1, 0.15) is 39.1 Å². The minimum atomic E-state index is -1.80. The minimum Gasteiger partial charge on any atom is -0.496 e. The van der Waals surface area contributed by atoms with Crippen LogP contribution >= 0.6 is 45.9 Å². The van der Waals surface area contributed by atoms with Crippen LogP contribution in [0.3, 0.4) is 0 Å². The summed E-state index contributed by atoms with van der Waals surface area (Å²) in [7, 11) is 2.61. The fraction of sp³-hybridized carbons (Fsp3) is 0.341. The fourth-order valence-corrected chi connectivity index (χ4v) is 10.6. The van der Waals surface area contributed by atoms with Crippen molar-refractivity contribution in [2.75, 3.05) is 38.6 Å². The van der Waals surface area contributed by atoms with Crippen molar-refractivity contribution in [2.24, 2.45) is 0 Å². The Morgan fingerprint density at radius 3 is 2.19 bits per heavy atom. The van der Waals surface area contributed by atoms with E-state index < -0.39 is 22.6 Å². The number of ether oxygens (including phenoxy) is 5. The molecule has 5 aromatic heterocycles. The Bertz CT molecular complexity index is 2750. The molecule has 1 saturated carbocycles. The van der Waals surface area contributed by atoms with Crippen LogP contribution in [0, 0.1) is 13.8 Å². The van der Waals surface area contributed by atoms with Crippen molar-refractivity contribution in [2.45, 2.75) is 68.4 Å². The van der Waals surface area contributed by atoms with Gasteiger partial charge in [0.05, 0.1) is 55.2 Å². The number of amides is 2. The highest BCUT2D eigenvalue weighted by atomic mass is 35.5. The summed E-state index contributed by atoms with van der Waals surface area (Å²) in [6, 6.07) is 8.27. The number of anilines is 2. The van der Waals surface area contributed by atoms with Crippen molar-refractivity contribution in [3.63, 3.8) is 0 Å². The highest BCUT2D eigenvalue weighted by Crippen LogP contribution is 2.43. The SMILES string of the molecule is COc1nnc(NC(=O)c2cnc(C)cc2-c2cc(Cl)c(S(=O)C[n+]3cc(C(=O)Nc4nnc(O[C@@H]5COC6(CCCC6)C5)s4)c(-c4cc(Cl)ncc4OC)cc3C)cc2OC)s1. The quantitative estimate of drug-likeness (QED) is 0.0803. The lowest BCUT2D eigenvalue weighted by Gasteiger charge is -2.20. The zero-order chi connectivity index (χ0) is 44.4. The Morgan fingerprint density at radius 1 is 0.825 bits per heavy atom. The summed E-state index contributed by atoms with van der Waals surface area (Å²) in [5, 5.41) is 23.2. The molecule has 328 valence electrons. The van der Waals surface area contributed by atoms with Gasteiger partial charge in [-0.25, -0.2) is 9.19 Å². The van der Waals surface area contributed by atoms with Crippen LogP contribution in [0.15, 0.2) is 53.8 Å². The Kier molecular flexibility index (Phi) is 13.2. The van der Waals surface area contributed by atoms with E-state index in [1.807, 2.05) is 6.92 Å². The van der Waals surface area contributed by atoms with Crippen LogP contribution in [-0.4, -0.2) is 86.0 Å². The molecule has 1 aliphatic carbocycles. The normalized spacial score (nSPS) is 15.9. The number of nitrogens with zero attached hydrogens (tertiary/aromatic N) is 7. The first kappa shape index (κ1) is 44.2. The molecule has 2 fully saturated rings. The van der Waals surface area contributed by atoms with Gasteiger partial charge in [-0.05, 0) is 66.7 Å². The standard InChI is InChI=1S/C41H39Cl2N9O8S3/c1-21-10-24(28(16-44-21)35(53)46-37-48-50-39(58-5)61-37)26-12-30(42)33(14-31(26)56-3)63(55)20-52-18-29(25(11-22(52)2)27-13-34(43)45-17-32(27)57-4)36(54)47-38-49-51-40(62-38)60-23-15-41(59-19-23)8-6-7-9-41/h10-14,16-18,23H,6-9,15,19-20H2,1-5H3,(H-,46,47,48,49,53,54)/p+1/t23-,63?/m0/s1. The molecule has 0 radical (unpaired) electrons. The van der Waals surface area contributed by atoms with Crippen molar-refractivity contribution in [3.05, 3.63) is 81.6 Å². The lowest BCUT2D eigenvalue weighted by molar-refractivity contribution is -0.682. The van der Waals surface area contributed by atoms with E-state index in [1.165, 1.54) is 33.7 Å². The molecule has 63 heavy (non-hydrogen) atoms. The van der Waals surface area contributed by atoms with Crippen molar-refractivity contribution < 1.29 is 42.0 Å². The minimum absolute atomic E-state index is 0.113. The first-order chi connectivity index (χ1) is 30.3. The zero-order valence-corrected chi connectivity index (χ0v) is 38.5. The molecular formula is C41H40Cl2N9O8S3+. The van der Waals surface area contributed by atoms with Gasteiger partial charge in [0.25, 0.3) is 22.2 Å². The van der Waals surface area contributed by atoms with Gasteiger partial charge in [0.15, 0.2) is 11.9 Å². The number of pyridine rings is 3. The Hall–Kier alpha value is -5.38. The van der Waals surface area contributed by atoms with Gasteiger partial charge in [-0.15, -0.1) is 10.2 Å². The second-order valence-corrected chi connectivity index (χ2v) is 18.8. The second kappa shape index (κ2) is 18.8. The van der Waals surface area contributed by atoms with Gasteiger partial charge in [-0.2, -0.15) is 4.57 Å². The average molecular weight is 954 g/mol. The van der Waals surface area contributed by atoms with Crippen LogP contribution in [0.2, 0.25) is 10.2 Å². The van der Waals surface area contributed by atoms with E-state index in [-0.39, 0.29) is 59.2 Å². The number of methoxy groups -OCH3 is 3. The Labute approximate surface area is 381 Å². The molecule has 22 heteroatoms. The number of hydrogen-bond acceptors (Lipinski definition) is 16. The van der Waals surface area contributed by atoms with Crippen LogP contribution < -0.4 is 34.1 Å². The first-order valence-electron chi connectivity index (χ1n) is 19.5. The van der Waals surface area contributed by atoms with E-state index in [4.69, 9.17) is 46.9 Å². The fourth-order valence-electron chi connectivity index (χ4n) is 7.65. The van der Waals surface area contributed by atoms with Crippen LogP contribution in [0.4, 0.5) is 10.3 Å². The third-order valence-corrected chi connectivity index (χ3v) is 14.2. The van der Waals surface area contributed by atoms with Crippen molar-refractivity contribution in [1.29, 1.82) is 0 Å². The number of hydrogen-bond donors (Lipinski definition) is 2. The topological polar surface area (TPSA) is 203 Å². The van der Waals surface area contributed by atoms with Gasteiger partial charge in [0.2, 0.25) is 16.1 Å². The Balaban J connectivity index is 1.08. The molecule has 17 nitrogen and oxygen atoms in total. The van der Waals surface area contributed by atoms with E-state index in [0.717, 1.165) is 54.8 Å². The number of aryl methyl sites for hydroxylation is 2. The van der Waals surface area contributed by atoms with Crippen LogP contribution in [0.25, 0.3) is 22.3 Å². The van der Waals surface area contributed by atoms with E-state index in [9.17, 15) is 13.8 Å². The van der Waals surface area contributed by atoms with Crippen LogP contribution in [-0.2, 0) is 21.4 Å². The molecule has 6 aromatic rings. The zero-order valence-electron chi connectivity index (χ0n) is 34.5. The largest absolute Gasteiger partial charge is 0.496 e. The summed E-state index contributed by atoms with van der Waals surface area (Å²) in [5.41, 5.74) is 3.46. The number of rotatable bonds is 14. The van der Waals surface area contributed by atoms with Gasteiger partial charge in [-0.3, -0.25) is 25.2 Å². The molecule has 2 atom stereocenters. The molecule has 6 heterocycles. The van der Waals surface area contributed by atoms with Gasteiger partial charge < -0.3 is 23.7 Å². The first-order valence-corrected chi connectivity index (χ1v) is 23.2. The molecule has 2 amide bonds. The third-order valence-electron chi connectivity index (χ3n) is 10.7. The summed E-state index contributed by atoms with van der Waals surface area (Å²) >= 11 is 15.4. The van der Waals surface area contributed by atoms with E-state index in [2.05, 4.69) is 41.0 Å². The van der Waals surface area contributed by atoms with Crippen molar-refractivity contribution in [3.8, 4) is 44.1 Å². The smallest absolute Gasteiger partial charge is 0.296 e. The molecule has 1 aliphatic heterocycles. The maximum absolute atomic E-state index is 14.3. The summed E-state index contributed by atoms with van der Waals surface area (Å²) in [6.07, 6.45) is 9.48. The van der Waals surface area contributed by atoms with Crippen LogP contribution in [0.5, 0.6) is 21.9 Å². The van der Waals surface area contributed by atoms with Gasteiger partial charge in [-0.1, -0.05) is 46.2 Å². The third kappa shape index (κ3) is 9.60. The number of aromatic nitrogens is 7. The average Bonchev–Trinajstić information content (AvgIpc) is 4.11. The van der Waals surface area contributed by atoms with Crippen molar-refractivity contribution >= 4 is 78.8 Å². The lowest BCUT2D eigenvalue weighted by atomic mass is 9.97. The highest BCUT2D eigenvalue weighted by molar-refractivity contribution is 7.84. The summed E-state index contributed by atoms with van der Waals surface area (Å²) < 4.78 is 44.8. The summed E-state index contributed by atoms with van der Waals surface area (Å²) in [6.45, 7) is 4.07. The van der Waals surface area contributed by atoms with Crippen LogP contribution in [0.1, 0.15) is 64.2 Å². The number of carbonyl (C=O) groups excluding carboxylic acids is 2. The van der Waals surface area contributed by atoms with Gasteiger partial charge in [0, 0.05) is 53.6 Å². The number of benzene rings is 1. The number of carbonyl (C=O) groups is 2. The molecule has 0 bridgehead atoms. The monoisotopic (exact) mass is 952 g/mol. The molecular weight excluding hydrogens is 914 g/mol. The predicted octanol–water partition coefficient (Wildman–Crippen LogP) is 7.50. The number of nitrogens with one attached hydrogen (secondary N) is 2. The molecule has 1 spiro atoms. The number of halogens is 2. The maximum atomic E-state index is 14.3. The summed E-state index contributed by atoms with van der Waals surface area (Å²) in [4.78, 5) is 36.5. The van der Waals surface area contributed by atoms with E-state index in [0.29, 0.717) is 56.9 Å². The van der Waals surface area contributed by atoms with Gasteiger partial charge >= 0.3 is 0 Å². The molecule has 1 unspecified atom stereocenters. The molecule has 1 saturated heterocycles. The maximum Gasteiger partial charge on any atom is 0.296 e.